The number of likely N-dealkylation sites (tertiary alicyclic amines) is 1. The highest BCUT2D eigenvalue weighted by molar-refractivity contribution is 6.10. The molecule has 0 atom stereocenters. The molecule has 0 radical (unpaired) electrons. The number of carbonyl (C=O) groups excluding carboxylic acids is 3. The van der Waals surface area contributed by atoms with E-state index in [0.29, 0.717) is 24.4 Å². The maximum Gasteiger partial charge on any atom is 0.325 e. The lowest BCUT2D eigenvalue weighted by Gasteiger charge is -2.37. The van der Waals surface area contributed by atoms with Crippen molar-refractivity contribution in [2.75, 3.05) is 31.5 Å². The second kappa shape index (κ2) is 7.91. The van der Waals surface area contributed by atoms with Crippen LogP contribution in [0.1, 0.15) is 37.8 Å². The Bertz CT molecular complexity index is 782. The Kier molecular flexibility index (Phi) is 5.74. The van der Waals surface area contributed by atoms with Gasteiger partial charge in [-0.15, -0.1) is 0 Å². The number of nitrogens with one attached hydrogen (secondary N) is 2. The van der Waals surface area contributed by atoms with Gasteiger partial charge in [0.15, 0.2) is 0 Å². The van der Waals surface area contributed by atoms with Crippen molar-refractivity contribution in [3.05, 3.63) is 29.3 Å². The number of urea groups is 1. The van der Waals surface area contributed by atoms with E-state index in [-0.39, 0.29) is 18.4 Å². The monoisotopic (exact) mass is 386 g/mol. The molecule has 1 aromatic rings. The number of anilines is 1. The summed E-state index contributed by atoms with van der Waals surface area (Å²) in [4.78, 5) is 41.3. The molecule has 0 saturated carbocycles. The van der Waals surface area contributed by atoms with E-state index in [1.165, 1.54) is 0 Å². The second-order valence-corrected chi connectivity index (χ2v) is 8.46. The molecule has 3 rings (SSSR count). The average molecular weight is 386 g/mol. The van der Waals surface area contributed by atoms with Crippen molar-refractivity contribution in [3.8, 4) is 0 Å². The Morgan fingerprint density at radius 2 is 1.89 bits per heavy atom. The van der Waals surface area contributed by atoms with Gasteiger partial charge in [-0.25, -0.2) is 4.79 Å². The standard InChI is InChI=1S/C21H30N4O3/c1-14(2)12-24-9-7-21(8-10-24)19(27)25(20(28)23-21)13-18(26)22-17-11-15(3)5-6-16(17)4/h5-6,11,14H,7-10,12-13H2,1-4H3,(H,22,26)(H,23,28). The van der Waals surface area contributed by atoms with Crippen molar-refractivity contribution in [2.45, 2.75) is 46.1 Å². The molecule has 2 saturated heterocycles. The SMILES string of the molecule is Cc1ccc(C)c(NC(=O)CN2C(=O)NC3(CCN(CC(C)C)CC3)C2=O)c1. The van der Waals surface area contributed by atoms with E-state index >= 15 is 0 Å². The number of piperidine rings is 1. The number of hydrogen-bond donors (Lipinski definition) is 2. The summed E-state index contributed by atoms with van der Waals surface area (Å²) >= 11 is 0. The van der Waals surface area contributed by atoms with Crippen molar-refractivity contribution >= 4 is 23.5 Å². The maximum atomic E-state index is 13.0. The minimum atomic E-state index is -0.857. The summed E-state index contributed by atoms with van der Waals surface area (Å²) in [5.74, 6) is -0.0856. The van der Waals surface area contributed by atoms with Crippen LogP contribution in [0.2, 0.25) is 0 Å². The average Bonchev–Trinajstić information content (AvgIpc) is 2.84. The Labute approximate surface area is 166 Å². The smallest absolute Gasteiger partial charge is 0.324 e. The number of rotatable bonds is 5. The summed E-state index contributed by atoms with van der Waals surface area (Å²) in [7, 11) is 0. The Morgan fingerprint density at radius 3 is 2.54 bits per heavy atom. The zero-order valence-electron chi connectivity index (χ0n) is 17.2. The van der Waals surface area contributed by atoms with Gasteiger partial charge in [-0.05, 0) is 49.8 Å². The number of nitrogens with zero attached hydrogens (tertiary/aromatic N) is 2. The Balaban J connectivity index is 1.62. The van der Waals surface area contributed by atoms with E-state index in [9.17, 15) is 14.4 Å². The molecule has 28 heavy (non-hydrogen) atoms. The molecule has 1 spiro atoms. The fourth-order valence-electron chi connectivity index (χ4n) is 4.00. The third-order valence-electron chi connectivity index (χ3n) is 5.55. The lowest BCUT2D eigenvalue weighted by atomic mass is 9.87. The van der Waals surface area contributed by atoms with Gasteiger partial charge in [0.2, 0.25) is 5.91 Å². The first-order valence-corrected chi connectivity index (χ1v) is 9.94. The summed E-state index contributed by atoms with van der Waals surface area (Å²) in [5.41, 5.74) is 1.81. The number of hydrogen-bond acceptors (Lipinski definition) is 4. The first-order valence-electron chi connectivity index (χ1n) is 9.94. The van der Waals surface area contributed by atoms with E-state index in [2.05, 4.69) is 29.4 Å². The quantitative estimate of drug-likeness (QED) is 0.761. The minimum absolute atomic E-state index is 0.268. The van der Waals surface area contributed by atoms with Gasteiger partial charge < -0.3 is 15.5 Å². The fourth-order valence-corrected chi connectivity index (χ4v) is 4.00. The van der Waals surface area contributed by atoms with Gasteiger partial charge in [-0.1, -0.05) is 26.0 Å². The van der Waals surface area contributed by atoms with Gasteiger partial charge in [-0.2, -0.15) is 0 Å². The molecular weight excluding hydrogens is 356 g/mol. The Hall–Kier alpha value is -2.41. The van der Waals surface area contributed by atoms with Crippen LogP contribution < -0.4 is 10.6 Å². The van der Waals surface area contributed by atoms with E-state index < -0.39 is 11.6 Å². The first kappa shape index (κ1) is 20.3. The van der Waals surface area contributed by atoms with Crippen LogP contribution in [0.4, 0.5) is 10.5 Å². The minimum Gasteiger partial charge on any atom is -0.324 e. The highest BCUT2D eigenvalue weighted by Crippen LogP contribution is 2.29. The molecule has 2 aliphatic rings. The van der Waals surface area contributed by atoms with Gasteiger partial charge in [0.1, 0.15) is 12.1 Å². The molecule has 4 amide bonds. The van der Waals surface area contributed by atoms with Crippen LogP contribution in [0.25, 0.3) is 0 Å². The zero-order valence-corrected chi connectivity index (χ0v) is 17.2. The lowest BCUT2D eigenvalue weighted by molar-refractivity contribution is -0.135. The Morgan fingerprint density at radius 1 is 1.21 bits per heavy atom. The molecular formula is C21H30N4O3. The van der Waals surface area contributed by atoms with E-state index in [4.69, 9.17) is 0 Å². The number of amides is 4. The van der Waals surface area contributed by atoms with Gasteiger partial charge in [0.25, 0.3) is 5.91 Å². The predicted molar refractivity (Wildman–Crippen MR) is 108 cm³/mol. The normalized spacial score (nSPS) is 19.4. The number of imide groups is 1. The second-order valence-electron chi connectivity index (χ2n) is 8.46. The van der Waals surface area contributed by atoms with Crippen LogP contribution >= 0.6 is 0 Å². The molecule has 0 unspecified atom stereocenters. The largest absolute Gasteiger partial charge is 0.325 e. The topological polar surface area (TPSA) is 81.8 Å². The van der Waals surface area contributed by atoms with Crippen molar-refractivity contribution in [1.82, 2.24) is 15.1 Å². The molecule has 0 aliphatic carbocycles. The van der Waals surface area contributed by atoms with Crippen molar-refractivity contribution < 1.29 is 14.4 Å². The fraction of sp³-hybridized carbons (Fsp3) is 0.571. The van der Waals surface area contributed by atoms with Crippen molar-refractivity contribution in [2.24, 2.45) is 5.92 Å². The highest BCUT2D eigenvalue weighted by atomic mass is 16.2. The zero-order chi connectivity index (χ0) is 20.5. The van der Waals surface area contributed by atoms with Gasteiger partial charge in [0, 0.05) is 25.3 Å². The molecule has 2 heterocycles. The molecule has 0 bridgehead atoms. The molecule has 152 valence electrons. The molecule has 2 N–H and O–H groups in total. The molecule has 7 nitrogen and oxygen atoms in total. The molecule has 0 aromatic heterocycles. The number of carbonyl (C=O) groups is 3. The summed E-state index contributed by atoms with van der Waals surface area (Å²) in [5, 5.41) is 5.68. The highest BCUT2D eigenvalue weighted by Gasteiger charge is 2.52. The first-order chi connectivity index (χ1) is 13.2. The van der Waals surface area contributed by atoms with Gasteiger partial charge in [0.05, 0.1) is 0 Å². The van der Waals surface area contributed by atoms with Crippen LogP contribution in [-0.2, 0) is 9.59 Å². The summed E-state index contributed by atoms with van der Waals surface area (Å²) in [6.45, 7) is 10.5. The van der Waals surface area contributed by atoms with Gasteiger partial charge in [-0.3, -0.25) is 14.5 Å². The summed E-state index contributed by atoms with van der Waals surface area (Å²) in [6, 6.07) is 5.31. The van der Waals surface area contributed by atoms with E-state index in [1.807, 2.05) is 32.0 Å². The lowest BCUT2D eigenvalue weighted by Crippen LogP contribution is -2.55. The van der Waals surface area contributed by atoms with Crippen molar-refractivity contribution in [3.63, 3.8) is 0 Å². The van der Waals surface area contributed by atoms with Crippen molar-refractivity contribution in [1.29, 1.82) is 0 Å². The molecule has 1 aromatic carbocycles. The third-order valence-corrected chi connectivity index (χ3v) is 5.55. The molecule has 2 fully saturated rings. The maximum absolute atomic E-state index is 13.0. The number of benzene rings is 1. The molecule has 7 heteroatoms. The van der Waals surface area contributed by atoms with E-state index in [0.717, 1.165) is 35.7 Å². The third kappa shape index (κ3) is 4.19. The summed E-state index contributed by atoms with van der Waals surface area (Å²) < 4.78 is 0. The number of aryl methyl sites for hydroxylation is 2. The molecule has 2 aliphatic heterocycles. The van der Waals surface area contributed by atoms with Crippen LogP contribution in [0.5, 0.6) is 0 Å². The van der Waals surface area contributed by atoms with Crippen LogP contribution in [0.3, 0.4) is 0 Å². The summed E-state index contributed by atoms with van der Waals surface area (Å²) in [6.07, 6.45) is 1.17. The van der Waals surface area contributed by atoms with Crippen LogP contribution in [-0.4, -0.2) is 59.4 Å². The van der Waals surface area contributed by atoms with Gasteiger partial charge >= 0.3 is 6.03 Å². The van der Waals surface area contributed by atoms with Crippen LogP contribution in [0, 0.1) is 19.8 Å². The van der Waals surface area contributed by atoms with E-state index in [1.54, 1.807) is 0 Å². The predicted octanol–water partition coefficient (Wildman–Crippen LogP) is 2.28. The van der Waals surface area contributed by atoms with Crippen LogP contribution in [0.15, 0.2) is 18.2 Å².